The maximum absolute atomic E-state index is 10.5. The number of rotatable bonds is 7. The van der Waals surface area contributed by atoms with Crippen molar-refractivity contribution in [1.82, 2.24) is 0 Å². The van der Waals surface area contributed by atoms with Gasteiger partial charge in [-0.05, 0) is 32.1 Å². The molecule has 0 amide bonds. The molecule has 8 nitrogen and oxygen atoms in total. The van der Waals surface area contributed by atoms with Crippen LogP contribution in [-0.4, -0.2) is 44.3 Å². The van der Waals surface area contributed by atoms with Gasteiger partial charge in [0.1, 0.15) is 0 Å². The fourth-order valence-electron chi connectivity index (χ4n) is 2.19. The van der Waals surface area contributed by atoms with Crippen LogP contribution in [0.15, 0.2) is 0 Å². The fraction of sp³-hybridized carbons (Fsp3) is 0.714. The number of unbranched alkanes of at least 4 members (excludes halogenated alkanes) is 1. The Morgan fingerprint density at radius 2 is 1.09 bits per heavy atom. The second-order valence-electron chi connectivity index (χ2n) is 5.23. The van der Waals surface area contributed by atoms with E-state index in [1.54, 1.807) is 0 Å². The number of carbonyl (C=O) groups is 4. The summed E-state index contributed by atoms with van der Waals surface area (Å²) < 4.78 is 0. The SMILES string of the molecule is O=C(O)C1CCCC(C(=O)O)C1.O=C(O)CCCCC(=O)O. The molecule has 1 aliphatic rings. The number of aliphatic carboxylic acids is 4. The van der Waals surface area contributed by atoms with Gasteiger partial charge >= 0.3 is 23.9 Å². The van der Waals surface area contributed by atoms with Gasteiger partial charge in [0.05, 0.1) is 11.8 Å². The Morgan fingerprint density at radius 1 is 0.727 bits per heavy atom. The van der Waals surface area contributed by atoms with E-state index in [0.29, 0.717) is 38.5 Å². The molecule has 0 heterocycles. The molecule has 22 heavy (non-hydrogen) atoms. The van der Waals surface area contributed by atoms with Gasteiger partial charge < -0.3 is 20.4 Å². The van der Waals surface area contributed by atoms with Crippen LogP contribution in [0.25, 0.3) is 0 Å². The highest BCUT2D eigenvalue weighted by atomic mass is 16.4. The third-order valence-corrected chi connectivity index (χ3v) is 3.40. The zero-order valence-corrected chi connectivity index (χ0v) is 12.2. The van der Waals surface area contributed by atoms with E-state index in [4.69, 9.17) is 20.4 Å². The predicted molar refractivity (Wildman–Crippen MR) is 74.5 cm³/mol. The molecule has 0 spiro atoms. The Morgan fingerprint density at radius 3 is 1.36 bits per heavy atom. The molecule has 0 aromatic rings. The van der Waals surface area contributed by atoms with Crippen molar-refractivity contribution in [3.63, 3.8) is 0 Å². The minimum atomic E-state index is -0.870. The number of hydrogen-bond donors (Lipinski definition) is 4. The van der Waals surface area contributed by atoms with E-state index in [1.807, 2.05) is 0 Å². The highest BCUT2D eigenvalue weighted by Crippen LogP contribution is 2.29. The monoisotopic (exact) mass is 318 g/mol. The van der Waals surface area contributed by atoms with E-state index >= 15 is 0 Å². The van der Waals surface area contributed by atoms with Crippen LogP contribution in [0.5, 0.6) is 0 Å². The number of carboxylic acids is 4. The molecule has 0 saturated heterocycles. The summed E-state index contributed by atoms with van der Waals surface area (Å²) in [7, 11) is 0. The summed E-state index contributed by atoms with van der Waals surface area (Å²) in [6.45, 7) is 0. The van der Waals surface area contributed by atoms with E-state index in [-0.39, 0.29) is 12.8 Å². The number of hydrogen-bond acceptors (Lipinski definition) is 4. The summed E-state index contributed by atoms with van der Waals surface area (Å²) in [4.78, 5) is 40.9. The molecule has 4 N–H and O–H groups in total. The molecule has 1 saturated carbocycles. The van der Waals surface area contributed by atoms with Crippen LogP contribution < -0.4 is 0 Å². The van der Waals surface area contributed by atoms with Gasteiger partial charge in [-0.1, -0.05) is 6.42 Å². The Labute approximate surface area is 127 Å². The van der Waals surface area contributed by atoms with Crippen LogP contribution in [0.3, 0.4) is 0 Å². The van der Waals surface area contributed by atoms with Crippen molar-refractivity contribution < 1.29 is 39.6 Å². The quantitative estimate of drug-likeness (QED) is 0.518. The second-order valence-corrected chi connectivity index (χ2v) is 5.23. The van der Waals surface area contributed by atoms with Crippen molar-refractivity contribution >= 4 is 23.9 Å². The molecule has 0 aromatic heterocycles. The van der Waals surface area contributed by atoms with E-state index in [9.17, 15) is 19.2 Å². The molecular weight excluding hydrogens is 296 g/mol. The third kappa shape index (κ3) is 9.73. The molecule has 1 aliphatic carbocycles. The standard InChI is InChI=1S/C8H12O4.C6H10O4/c9-7(10)5-2-1-3-6(4-5)8(11)12;7-5(8)3-1-2-4-6(9)10/h5-6H,1-4H2,(H,9,10)(H,11,12);1-4H2,(H,7,8)(H,9,10). The summed E-state index contributed by atoms with van der Waals surface area (Å²) in [6, 6.07) is 0. The second kappa shape index (κ2) is 10.6. The molecule has 2 unspecified atom stereocenters. The molecule has 8 heteroatoms. The van der Waals surface area contributed by atoms with Gasteiger partial charge in [0.25, 0.3) is 0 Å². The summed E-state index contributed by atoms with van der Waals surface area (Å²) in [5, 5.41) is 33.6. The highest BCUT2D eigenvalue weighted by molar-refractivity contribution is 5.74. The summed E-state index contributed by atoms with van der Waals surface area (Å²) in [6.07, 6.45) is 3.28. The van der Waals surface area contributed by atoms with Gasteiger partial charge in [0, 0.05) is 12.8 Å². The normalized spacial score (nSPS) is 20.4. The fourth-order valence-corrected chi connectivity index (χ4v) is 2.19. The van der Waals surface area contributed by atoms with Gasteiger partial charge in [-0.25, -0.2) is 0 Å². The zero-order valence-electron chi connectivity index (χ0n) is 12.2. The van der Waals surface area contributed by atoms with Crippen molar-refractivity contribution in [3.05, 3.63) is 0 Å². The van der Waals surface area contributed by atoms with Crippen LogP contribution in [0.4, 0.5) is 0 Å². The molecule has 126 valence electrons. The Bertz CT molecular complexity index is 368. The van der Waals surface area contributed by atoms with Crippen molar-refractivity contribution in [2.45, 2.75) is 51.4 Å². The lowest BCUT2D eigenvalue weighted by Gasteiger charge is -2.23. The van der Waals surface area contributed by atoms with Crippen molar-refractivity contribution in [2.75, 3.05) is 0 Å². The average Bonchev–Trinajstić information content (AvgIpc) is 2.44. The molecule has 2 atom stereocenters. The predicted octanol–water partition coefficient (Wildman–Crippen LogP) is 1.68. The first kappa shape index (κ1) is 19.9. The number of carboxylic acid groups (broad SMARTS) is 4. The lowest BCUT2D eigenvalue weighted by molar-refractivity contribution is -0.148. The first-order chi connectivity index (χ1) is 10.2. The van der Waals surface area contributed by atoms with Crippen molar-refractivity contribution in [1.29, 1.82) is 0 Å². The van der Waals surface area contributed by atoms with E-state index in [1.165, 1.54) is 0 Å². The smallest absolute Gasteiger partial charge is 0.306 e. The van der Waals surface area contributed by atoms with E-state index < -0.39 is 35.7 Å². The molecule has 1 fully saturated rings. The molecule has 1 rings (SSSR count). The minimum absolute atomic E-state index is 0.0628. The first-order valence-electron chi connectivity index (χ1n) is 7.13. The van der Waals surface area contributed by atoms with Crippen molar-refractivity contribution in [2.24, 2.45) is 11.8 Å². The third-order valence-electron chi connectivity index (χ3n) is 3.40. The first-order valence-corrected chi connectivity index (χ1v) is 7.13. The summed E-state index contributed by atoms with van der Waals surface area (Å²) >= 11 is 0. The van der Waals surface area contributed by atoms with Gasteiger partial charge in [-0.15, -0.1) is 0 Å². The Kier molecular flexibility index (Phi) is 9.56. The molecule has 0 bridgehead atoms. The Balaban J connectivity index is 0.000000409. The maximum atomic E-state index is 10.5. The van der Waals surface area contributed by atoms with Crippen LogP contribution >= 0.6 is 0 Å². The van der Waals surface area contributed by atoms with Crippen LogP contribution in [-0.2, 0) is 19.2 Å². The molecule has 0 aromatic carbocycles. The minimum Gasteiger partial charge on any atom is -0.481 e. The maximum Gasteiger partial charge on any atom is 0.306 e. The van der Waals surface area contributed by atoms with Crippen LogP contribution in [0.1, 0.15) is 51.4 Å². The summed E-state index contributed by atoms with van der Waals surface area (Å²) in [5.41, 5.74) is 0. The highest BCUT2D eigenvalue weighted by Gasteiger charge is 2.30. The molecule has 0 aliphatic heterocycles. The topological polar surface area (TPSA) is 149 Å². The van der Waals surface area contributed by atoms with Gasteiger partial charge in [-0.2, -0.15) is 0 Å². The Hall–Kier alpha value is -2.12. The van der Waals surface area contributed by atoms with Gasteiger partial charge in [-0.3, -0.25) is 19.2 Å². The lowest BCUT2D eigenvalue weighted by atomic mass is 9.81. The largest absolute Gasteiger partial charge is 0.481 e. The van der Waals surface area contributed by atoms with Gasteiger partial charge in [0.15, 0.2) is 0 Å². The average molecular weight is 318 g/mol. The van der Waals surface area contributed by atoms with Crippen molar-refractivity contribution in [3.8, 4) is 0 Å². The van der Waals surface area contributed by atoms with E-state index in [2.05, 4.69) is 0 Å². The van der Waals surface area contributed by atoms with Gasteiger partial charge in [0.2, 0.25) is 0 Å². The summed E-state index contributed by atoms with van der Waals surface area (Å²) in [5.74, 6) is -4.35. The van der Waals surface area contributed by atoms with E-state index in [0.717, 1.165) is 0 Å². The lowest BCUT2D eigenvalue weighted by Crippen LogP contribution is -2.26. The van der Waals surface area contributed by atoms with Crippen LogP contribution in [0.2, 0.25) is 0 Å². The van der Waals surface area contributed by atoms with Crippen LogP contribution in [0, 0.1) is 11.8 Å². The zero-order chi connectivity index (χ0) is 17.1. The molecular formula is C14H22O8. The molecule has 0 radical (unpaired) electrons.